The molecule has 1 saturated carbocycles. The molecule has 2 unspecified atom stereocenters. The number of para-hydroxylation sites is 1. The molecule has 6 heteroatoms. The zero-order valence-electron chi connectivity index (χ0n) is 11.2. The van der Waals surface area contributed by atoms with Crippen molar-refractivity contribution in [3.63, 3.8) is 0 Å². The minimum absolute atomic E-state index is 0.0500. The SMILES string of the molecule is CC1CCCC(Oc2cccc(C(=O)O)c2[N+](=O)[O-])C1. The highest BCUT2D eigenvalue weighted by molar-refractivity contribution is 5.93. The minimum atomic E-state index is -1.32. The van der Waals surface area contributed by atoms with Crippen LogP contribution in [0.25, 0.3) is 0 Å². The second-order valence-electron chi connectivity index (χ2n) is 5.23. The predicted molar refractivity (Wildman–Crippen MR) is 72.1 cm³/mol. The number of benzene rings is 1. The van der Waals surface area contributed by atoms with Gasteiger partial charge in [0.05, 0.1) is 11.0 Å². The summed E-state index contributed by atoms with van der Waals surface area (Å²) in [5.41, 5.74) is -0.797. The molecule has 20 heavy (non-hydrogen) atoms. The van der Waals surface area contributed by atoms with Gasteiger partial charge in [0.15, 0.2) is 5.75 Å². The first-order valence-electron chi connectivity index (χ1n) is 6.66. The van der Waals surface area contributed by atoms with Crippen molar-refractivity contribution in [3.8, 4) is 5.75 Å². The summed E-state index contributed by atoms with van der Waals surface area (Å²) in [6.45, 7) is 2.12. The Balaban J connectivity index is 2.29. The van der Waals surface area contributed by atoms with Gasteiger partial charge in [-0.15, -0.1) is 0 Å². The van der Waals surface area contributed by atoms with Crippen LogP contribution in [-0.4, -0.2) is 22.1 Å². The lowest BCUT2D eigenvalue weighted by Gasteiger charge is -2.27. The molecule has 1 aliphatic rings. The molecule has 1 aromatic carbocycles. The predicted octanol–water partition coefficient (Wildman–Crippen LogP) is 3.25. The van der Waals surface area contributed by atoms with E-state index in [1.54, 1.807) is 0 Å². The average molecular weight is 279 g/mol. The van der Waals surface area contributed by atoms with Gasteiger partial charge in [-0.05, 0) is 37.3 Å². The van der Waals surface area contributed by atoms with Crippen molar-refractivity contribution in [2.75, 3.05) is 0 Å². The van der Waals surface area contributed by atoms with Crippen molar-refractivity contribution in [2.24, 2.45) is 5.92 Å². The number of aromatic carboxylic acids is 1. The molecule has 0 aliphatic heterocycles. The van der Waals surface area contributed by atoms with E-state index in [4.69, 9.17) is 9.84 Å². The number of carboxylic acid groups (broad SMARTS) is 1. The fourth-order valence-corrected chi connectivity index (χ4v) is 2.64. The minimum Gasteiger partial charge on any atom is -0.483 e. The van der Waals surface area contributed by atoms with Gasteiger partial charge in [-0.2, -0.15) is 0 Å². The molecule has 0 radical (unpaired) electrons. The van der Waals surface area contributed by atoms with E-state index in [1.807, 2.05) is 0 Å². The number of nitrogens with zero attached hydrogens (tertiary/aromatic N) is 1. The number of ether oxygens (including phenoxy) is 1. The van der Waals surface area contributed by atoms with Gasteiger partial charge in [0, 0.05) is 0 Å². The lowest BCUT2D eigenvalue weighted by atomic mass is 9.88. The Hall–Kier alpha value is -2.11. The first kappa shape index (κ1) is 14.3. The average Bonchev–Trinajstić information content (AvgIpc) is 2.38. The van der Waals surface area contributed by atoms with Gasteiger partial charge in [0.2, 0.25) is 0 Å². The fourth-order valence-electron chi connectivity index (χ4n) is 2.64. The number of hydrogen-bond donors (Lipinski definition) is 1. The van der Waals surface area contributed by atoms with E-state index in [-0.39, 0.29) is 17.4 Å². The summed E-state index contributed by atoms with van der Waals surface area (Å²) in [4.78, 5) is 21.5. The zero-order valence-corrected chi connectivity index (χ0v) is 11.2. The van der Waals surface area contributed by atoms with Gasteiger partial charge in [0.25, 0.3) is 0 Å². The molecule has 0 heterocycles. The fraction of sp³-hybridized carbons (Fsp3) is 0.500. The summed E-state index contributed by atoms with van der Waals surface area (Å²) in [7, 11) is 0. The third-order valence-electron chi connectivity index (χ3n) is 3.59. The van der Waals surface area contributed by atoms with Crippen LogP contribution >= 0.6 is 0 Å². The van der Waals surface area contributed by atoms with Crippen molar-refractivity contribution >= 4 is 11.7 Å². The summed E-state index contributed by atoms with van der Waals surface area (Å²) in [6, 6.07) is 4.15. The molecule has 0 spiro atoms. The van der Waals surface area contributed by atoms with Crippen LogP contribution < -0.4 is 4.74 Å². The molecule has 2 atom stereocenters. The Morgan fingerprint density at radius 1 is 1.45 bits per heavy atom. The molecule has 0 amide bonds. The lowest BCUT2D eigenvalue weighted by molar-refractivity contribution is -0.386. The zero-order chi connectivity index (χ0) is 14.7. The molecular formula is C14H17NO5. The van der Waals surface area contributed by atoms with E-state index in [9.17, 15) is 14.9 Å². The number of carbonyl (C=O) groups is 1. The molecule has 0 aromatic heterocycles. The topological polar surface area (TPSA) is 89.7 Å². The van der Waals surface area contributed by atoms with Crippen molar-refractivity contribution in [2.45, 2.75) is 38.7 Å². The molecule has 6 nitrogen and oxygen atoms in total. The van der Waals surface area contributed by atoms with E-state index in [0.29, 0.717) is 5.92 Å². The smallest absolute Gasteiger partial charge is 0.342 e. The number of nitro groups is 1. The van der Waals surface area contributed by atoms with Crippen molar-refractivity contribution in [1.29, 1.82) is 0 Å². The first-order chi connectivity index (χ1) is 9.49. The van der Waals surface area contributed by atoms with E-state index in [0.717, 1.165) is 25.7 Å². The van der Waals surface area contributed by atoms with Crippen LogP contribution in [0.3, 0.4) is 0 Å². The Morgan fingerprint density at radius 2 is 2.20 bits per heavy atom. The molecule has 0 bridgehead atoms. The van der Waals surface area contributed by atoms with Crippen LogP contribution in [-0.2, 0) is 0 Å². The summed E-state index contributed by atoms with van der Waals surface area (Å²) in [6.07, 6.45) is 3.77. The Labute approximate surface area is 116 Å². The normalized spacial score (nSPS) is 22.2. The highest BCUT2D eigenvalue weighted by Gasteiger charge is 2.28. The van der Waals surface area contributed by atoms with Gasteiger partial charge in [-0.3, -0.25) is 10.1 Å². The lowest BCUT2D eigenvalue weighted by Crippen LogP contribution is -2.24. The maximum Gasteiger partial charge on any atom is 0.342 e. The van der Waals surface area contributed by atoms with E-state index >= 15 is 0 Å². The summed E-state index contributed by atoms with van der Waals surface area (Å²) in [5, 5.41) is 20.1. The monoisotopic (exact) mass is 279 g/mol. The number of nitro benzene ring substituents is 1. The number of hydrogen-bond acceptors (Lipinski definition) is 4. The van der Waals surface area contributed by atoms with Gasteiger partial charge in [0.1, 0.15) is 5.56 Å². The standard InChI is InChI=1S/C14H17NO5/c1-9-4-2-5-10(8-9)20-12-7-3-6-11(14(16)17)13(12)15(18)19/h3,6-7,9-10H,2,4-5,8H2,1H3,(H,16,17). The van der Waals surface area contributed by atoms with Crippen LogP contribution in [0.5, 0.6) is 5.75 Å². The summed E-state index contributed by atoms with van der Waals surface area (Å²) >= 11 is 0. The molecular weight excluding hydrogens is 262 g/mol. The molecule has 2 rings (SSSR count). The third kappa shape index (κ3) is 3.07. The van der Waals surface area contributed by atoms with Gasteiger partial charge < -0.3 is 9.84 Å². The largest absolute Gasteiger partial charge is 0.483 e. The van der Waals surface area contributed by atoms with E-state index in [1.165, 1.54) is 18.2 Å². The van der Waals surface area contributed by atoms with Crippen LogP contribution in [0.2, 0.25) is 0 Å². The molecule has 1 fully saturated rings. The molecule has 108 valence electrons. The summed E-state index contributed by atoms with van der Waals surface area (Å²) < 4.78 is 5.70. The van der Waals surface area contributed by atoms with Crippen LogP contribution in [0.15, 0.2) is 18.2 Å². The van der Waals surface area contributed by atoms with Gasteiger partial charge >= 0.3 is 11.7 Å². The number of rotatable bonds is 4. The Bertz CT molecular complexity index is 528. The molecule has 0 saturated heterocycles. The highest BCUT2D eigenvalue weighted by Crippen LogP contribution is 2.34. The maximum absolute atomic E-state index is 11.1. The van der Waals surface area contributed by atoms with Crippen molar-refractivity contribution in [1.82, 2.24) is 0 Å². The van der Waals surface area contributed by atoms with Crippen LogP contribution in [0.4, 0.5) is 5.69 Å². The van der Waals surface area contributed by atoms with E-state index < -0.39 is 16.6 Å². The first-order valence-corrected chi connectivity index (χ1v) is 6.66. The Morgan fingerprint density at radius 3 is 2.80 bits per heavy atom. The number of carboxylic acids is 1. The van der Waals surface area contributed by atoms with Crippen molar-refractivity contribution < 1.29 is 19.6 Å². The van der Waals surface area contributed by atoms with Gasteiger partial charge in [-0.1, -0.05) is 19.4 Å². The second kappa shape index (κ2) is 5.90. The van der Waals surface area contributed by atoms with Crippen molar-refractivity contribution in [3.05, 3.63) is 33.9 Å². The molecule has 1 aliphatic carbocycles. The molecule has 1 N–H and O–H groups in total. The van der Waals surface area contributed by atoms with E-state index in [2.05, 4.69) is 6.92 Å². The second-order valence-corrected chi connectivity index (χ2v) is 5.23. The quantitative estimate of drug-likeness (QED) is 0.675. The van der Waals surface area contributed by atoms with Crippen LogP contribution in [0, 0.1) is 16.0 Å². The molecule has 1 aromatic rings. The highest BCUT2D eigenvalue weighted by atomic mass is 16.6. The van der Waals surface area contributed by atoms with Gasteiger partial charge in [-0.25, -0.2) is 4.79 Å². The maximum atomic E-state index is 11.1. The Kier molecular flexibility index (Phi) is 4.22. The summed E-state index contributed by atoms with van der Waals surface area (Å²) in [5.74, 6) is -0.747. The third-order valence-corrected chi connectivity index (χ3v) is 3.59. The van der Waals surface area contributed by atoms with Crippen LogP contribution in [0.1, 0.15) is 43.0 Å².